The molecule has 0 saturated carbocycles. The van der Waals surface area contributed by atoms with Crippen molar-refractivity contribution in [2.45, 2.75) is 32.4 Å². The fraction of sp³-hybridized carbons (Fsp3) is 0.714. The predicted octanol–water partition coefficient (Wildman–Crippen LogP) is 1.87. The maximum absolute atomic E-state index is 5.70. The molecule has 1 aromatic heterocycles. The van der Waals surface area contributed by atoms with Crippen LogP contribution in [0.1, 0.15) is 25.5 Å². The summed E-state index contributed by atoms with van der Waals surface area (Å²) in [6.07, 6.45) is 4.62. The lowest BCUT2D eigenvalue weighted by atomic mass is 10.1. The zero-order valence-electron chi connectivity index (χ0n) is 11.2. The van der Waals surface area contributed by atoms with Crippen molar-refractivity contribution in [1.29, 1.82) is 0 Å². The second-order valence-electron chi connectivity index (χ2n) is 4.78. The Morgan fingerprint density at radius 2 is 2.50 bits per heavy atom. The molecule has 0 spiro atoms. The number of furan rings is 1. The Kier molecular flexibility index (Phi) is 5.71. The number of nitrogens with one attached hydrogen (secondary N) is 1. The van der Waals surface area contributed by atoms with Crippen molar-refractivity contribution >= 4 is 0 Å². The molecule has 0 aliphatic carbocycles. The Morgan fingerprint density at radius 3 is 3.28 bits per heavy atom. The molecule has 0 amide bonds. The van der Waals surface area contributed by atoms with Gasteiger partial charge in [0.25, 0.3) is 0 Å². The summed E-state index contributed by atoms with van der Waals surface area (Å²) in [7, 11) is 0. The van der Waals surface area contributed by atoms with E-state index in [2.05, 4.69) is 17.1 Å². The maximum Gasteiger partial charge on any atom is 0.117 e. The summed E-state index contributed by atoms with van der Waals surface area (Å²) in [5, 5.41) is 3.41. The van der Waals surface area contributed by atoms with Gasteiger partial charge in [0.2, 0.25) is 0 Å². The summed E-state index contributed by atoms with van der Waals surface area (Å²) in [4.78, 5) is 2.49. The van der Waals surface area contributed by atoms with Crippen LogP contribution in [0.4, 0.5) is 0 Å². The molecule has 4 heteroatoms. The highest BCUT2D eigenvalue weighted by Crippen LogP contribution is 2.12. The first-order valence-electron chi connectivity index (χ1n) is 6.95. The van der Waals surface area contributed by atoms with Gasteiger partial charge in [0, 0.05) is 26.2 Å². The van der Waals surface area contributed by atoms with E-state index < -0.39 is 0 Å². The second kappa shape index (κ2) is 7.56. The zero-order chi connectivity index (χ0) is 12.6. The third-order valence-electron chi connectivity index (χ3n) is 3.35. The van der Waals surface area contributed by atoms with Crippen molar-refractivity contribution in [2.75, 3.05) is 32.8 Å². The summed E-state index contributed by atoms with van der Waals surface area (Å²) >= 11 is 0. The molecular weight excluding hydrogens is 228 g/mol. The highest BCUT2D eigenvalue weighted by molar-refractivity contribution is 4.97. The van der Waals surface area contributed by atoms with Gasteiger partial charge in [0.05, 0.1) is 18.9 Å². The summed E-state index contributed by atoms with van der Waals surface area (Å²) in [5.41, 5.74) is 0. The van der Waals surface area contributed by atoms with E-state index in [9.17, 15) is 0 Å². The Bertz CT molecular complexity index is 312. The molecule has 102 valence electrons. The van der Waals surface area contributed by atoms with Gasteiger partial charge >= 0.3 is 0 Å². The van der Waals surface area contributed by atoms with Gasteiger partial charge in [-0.3, -0.25) is 4.90 Å². The Hall–Kier alpha value is -0.840. The van der Waals surface area contributed by atoms with E-state index in [4.69, 9.17) is 9.15 Å². The molecule has 18 heavy (non-hydrogen) atoms. The minimum atomic E-state index is 0.439. The van der Waals surface area contributed by atoms with Crippen LogP contribution >= 0.6 is 0 Å². The first-order valence-corrected chi connectivity index (χ1v) is 6.95. The number of hydrogen-bond acceptors (Lipinski definition) is 4. The Morgan fingerprint density at radius 1 is 1.56 bits per heavy atom. The lowest BCUT2D eigenvalue weighted by Gasteiger charge is -2.32. The van der Waals surface area contributed by atoms with Crippen LogP contribution in [0.3, 0.4) is 0 Å². The van der Waals surface area contributed by atoms with E-state index in [1.54, 1.807) is 6.26 Å². The molecule has 4 nitrogen and oxygen atoms in total. The maximum atomic E-state index is 5.70. The molecule has 1 aliphatic heterocycles. The van der Waals surface area contributed by atoms with Crippen LogP contribution in [0.15, 0.2) is 22.8 Å². The second-order valence-corrected chi connectivity index (χ2v) is 4.78. The van der Waals surface area contributed by atoms with E-state index in [-0.39, 0.29) is 0 Å². The fourth-order valence-corrected chi connectivity index (χ4v) is 2.45. The van der Waals surface area contributed by atoms with Crippen LogP contribution in [0, 0.1) is 0 Å². The molecule has 1 N–H and O–H groups in total. The first-order chi connectivity index (χ1) is 8.88. The Balaban J connectivity index is 1.58. The number of hydrogen-bond donors (Lipinski definition) is 1. The number of piperidine rings is 1. The molecule has 1 aromatic rings. The SMILES string of the molecule is CCOC1CCCN(CCNCc2ccco2)C1. The van der Waals surface area contributed by atoms with Gasteiger partial charge < -0.3 is 14.5 Å². The topological polar surface area (TPSA) is 37.6 Å². The number of likely N-dealkylation sites (tertiary alicyclic amines) is 1. The van der Waals surface area contributed by atoms with Crippen LogP contribution < -0.4 is 5.32 Å². The molecule has 2 heterocycles. The predicted molar refractivity (Wildman–Crippen MR) is 71.5 cm³/mol. The molecule has 2 rings (SSSR count). The third-order valence-corrected chi connectivity index (χ3v) is 3.35. The van der Waals surface area contributed by atoms with Crippen LogP contribution in [-0.2, 0) is 11.3 Å². The Labute approximate surface area is 109 Å². The van der Waals surface area contributed by atoms with Crippen molar-refractivity contribution < 1.29 is 9.15 Å². The van der Waals surface area contributed by atoms with E-state index in [0.717, 1.165) is 38.5 Å². The average molecular weight is 252 g/mol. The summed E-state index contributed by atoms with van der Waals surface area (Å²) in [5.74, 6) is 1.00. The van der Waals surface area contributed by atoms with Crippen molar-refractivity contribution in [3.63, 3.8) is 0 Å². The van der Waals surface area contributed by atoms with Gasteiger partial charge in [0.15, 0.2) is 0 Å². The van der Waals surface area contributed by atoms with Crippen molar-refractivity contribution in [1.82, 2.24) is 10.2 Å². The highest BCUT2D eigenvalue weighted by atomic mass is 16.5. The molecule has 1 aliphatic rings. The van der Waals surface area contributed by atoms with Gasteiger partial charge in [-0.1, -0.05) is 0 Å². The molecule has 1 saturated heterocycles. The number of ether oxygens (including phenoxy) is 1. The zero-order valence-corrected chi connectivity index (χ0v) is 11.2. The van der Waals surface area contributed by atoms with Gasteiger partial charge in [0.1, 0.15) is 5.76 Å². The number of nitrogens with zero attached hydrogens (tertiary/aromatic N) is 1. The normalized spacial score (nSPS) is 21.3. The molecule has 1 unspecified atom stereocenters. The van der Waals surface area contributed by atoms with Crippen molar-refractivity contribution in [3.05, 3.63) is 24.2 Å². The van der Waals surface area contributed by atoms with Crippen LogP contribution in [0.2, 0.25) is 0 Å². The van der Waals surface area contributed by atoms with Crippen LogP contribution in [-0.4, -0.2) is 43.8 Å². The minimum Gasteiger partial charge on any atom is -0.468 e. The monoisotopic (exact) mass is 252 g/mol. The van der Waals surface area contributed by atoms with Gasteiger partial charge in [-0.25, -0.2) is 0 Å². The van der Waals surface area contributed by atoms with Gasteiger partial charge in [-0.2, -0.15) is 0 Å². The molecule has 1 atom stereocenters. The highest BCUT2D eigenvalue weighted by Gasteiger charge is 2.19. The van der Waals surface area contributed by atoms with E-state index in [0.29, 0.717) is 6.10 Å². The average Bonchev–Trinajstić information content (AvgIpc) is 2.89. The van der Waals surface area contributed by atoms with Crippen molar-refractivity contribution in [2.24, 2.45) is 0 Å². The molecule has 0 bridgehead atoms. The van der Waals surface area contributed by atoms with Gasteiger partial charge in [-0.15, -0.1) is 0 Å². The quantitative estimate of drug-likeness (QED) is 0.752. The number of rotatable bonds is 7. The van der Waals surface area contributed by atoms with Crippen LogP contribution in [0.5, 0.6) is 0 Å². The van der Waals surface area contributed by atoms with E-state index in [1.807, 2.05) is 12.1 Å². The summed E-state index contributed by atoms with van der Waals surface area (Å²) < 4.78 is 11.0. The largest absolute Gasteiger partial charge is 0.468 e. The van der Waals surface area contributed by atoms with Crippen molar-refractivity contribution in [3.8, 4) is 0 Å². The first kappa shape index (κ1) is 13.6. The lowest BCUT2D eigenvalue weighted by Crippen LogP contribution is -2.42. The lowest BCUT2D eigenvalue weighted by molar-refractivity contribution is 0.00632. The van der Waals surface area contributed by atoms with E-state index in [1.165, 1.54) is 19.4 Å². The van der Waals surface area contributed by atoms with Crippen LogP contribution in [0.25, 0.3) is 0 Å². The summed E-state index contributed by atoms with van der Waals surface area (Å²) in [6.45, 7) is 8.08. The van der Waals surface area contributed by atoms with Gasteiger partial charge in [-0.05, 0) is 38.4 Å². The molecule has 0 aromatic carbocycles. The minimum absolute atomic E-state index is 0.439. The standard InChI is InChI=1S/C14H24N2O2/c1-2-17-14-5-3-8-16(12-14)9-7-15-11-13-6-4-10-18-13/h4,6,10,14-15H,2-3,5,7-9,11-12H2,1H3. The molecule has 1 fully saturated rings. The molecule has 0 radical (unpaired) electrons. The summed E-state index contributed by atoms with van der Waals surface area (Å²) in [6, 6.07) is 3.92. The molecular formula is C14H24N2O2. The fourth-order valence-electron chi connectivity index (χ4n) is 2.45. The smallest absolute Gasteiger partial charge is 0.117 e. The van der Waals surface area contributed by atoms with E-state index >= 15 is 0 Å². The third kappa shape index (κ3) is 4.44.